The summed E-state index contributed by atoms with van der Waals surface area (Å²) in [4.78, 5) is 19.5. The largest absolute Gasteiger partial charge is 0.361 e. The number of nitrogens with zero attached hydrogens (tertiary/aromatic N) is 3. The van der Waals surface area contributed by atoms with Crippen LogP contribution in [0, 0.1) is 11.3 Å². The van der Waals surface area contributed by atoms with Crippen molar-refractivity contribution in [3.63, 3.8) is 0 Å². The lowest BCUT2D eigenvalue weighted by molar-refractivity contribution is -0.134. The normalized spacial score (nSPS) is 15.3. The maximum atomic E-state index is 13.2. The second-order valence-corrected chi connectivity index (χ2v) is 8.22. The Morgan fingerprint density at radius 2 is 2.07 bits per heavy atom. The fourth-order valence-electron chi connectivity index (χ4n) is 3.83. The van der Waals surface area contributed by atoms with Gasteiger partial charge in [0.1, 0.15) is 11.8 Å². The van der Waals surface area contributed by atoms with Crippen molar-refractivity contribution in [1.82, 2.24) is 19.2 Å². The number of H-pyrrole nitrogens is 1. The van der Waals surface area contributed by atoms with Gasteiger partial charge in [0.2, 0.25) is 5.91 Å². The molecule has 1 aromatic carbocycles. The van der Waals surface area contributed by atoms with Crippen molar-refractivity contribution in [2.45, 2.75) is 43.2 Å². The number of carbonyl (C=O) groups is 1. The van der Waals surface area contributed by atoms with Crippen LogP contribution in [0.15, 0.2) is 53.7 Å². The van der Waals surface area contributed by atoms with Gasteiger partial charge in [-0.2, -0.15) is 5.26 Å². The van der Waals surface area contributed by atoms with Crippen molar-refractivity contribution in [3.8, 4) is 6.07 Å². The molecule has 1 fully saturated rings. The topological polar surface area (TPSA) is 76.8 Å². The Bertz CT molecular complexity index is 1010. The Labute approximate surface area is 175 Å². The average Bonchev–Trinajstić information content (AvgIpc) is 3.43. The highest BCUT2D eigenvalue weighted by Gasteiger charge is 2.26. The molecule has 0 saturated carbocycles. The average molecular weight is 408 g/mol. The maximum Gasteiger partial charge on any atom is 0.240 e. The highest BCUT2D eigenvalue weighted by atomic mass is 32.2. The summed E-state index contributed by atoms with van der Waals surface area (Å²) in [5.74, 6) is 0.157. The fraction of sp³-hybridized carbons (Fsp3) is 0.364. The Morgan fingerprint density at radius 1 is 1.21 bits per heavy atom. The number of likely N-dealkylation sites (tertiary alicyclic amines) is 1. The summed E-state index contributed by atoms with van der Waals surface area (Å²) in [6.07, 6.45) is 7.81. The first-order valence-electron chi connectivity index (χ1n) is 10.1. The minimum absolute atomic E-state index is 0.157. The number of nitrogens with one attached hydrogen (secondary N) is 2. The van der Waals surface area contributed by atoms with E-state index in [1.165, 1.54) is 18.4 Å². The van der Waals surface area contributed by atoms with Crippen LogP contribution in [-0.4, -0.2) is 39.5 Å². The van der Waals surface area contributed by atoms with Crippen LogP contribution in [-0.2, 0) is 11.3 Å². The van der Waals surface area contributed by atoms with E-state index in [1.54, 1.807) is 6.07 Å². The summed E-state index contributed by atoms with van der Waals surface area (Å²) in [6.45, 7) is 2.30. The number of rotatable bonds is 7. The van der Waals surface area contributed by atoms with Gasteiger partial charge in [-0.05, 0) is 68.0 Å². The zero-order chi connectivity index (χ0) is 20.1. The summed E-state index contributed by atoms with van der Waals surface area (Å²) in [5.41, 5.74) is 1.71. The van der Waals surface area contributed by atoms with Crippen molar-refractivity contribution < 1.29 is 4.79 Å². The molecule has 0 aliphatic carbocycles. The molecule has 1 atom stereocenters. The first-order chi connectivity index (χ1) is 14.3. The van der Waals surface area contributed by atoms with Crippen LogP contribution in [0.3, 0.4) is 0 Å². The van der Waals surface area contributed by atoms with E-state index in [9.17, 15) is 10.1 Å². The number of aromatic amines is 1. The van der Waals surface area contributed by atoms with Gasteiger partial charge in [-0.3, -0.25) is 4.79 Å². The van der Waals surface area contributed by atoms with E-state index in [0.717, 1.165) is 41.7 Å². The van der Waals surface area contributed by atoms with E-state index < -0.39 is 0 Å². The number of hydrogen-bond acceptors (Lipinski definition) is 4. The molecule has 0 bridgehead atoms. The zero-order valence-corrected chi connectivity index (χ0v) is 17.1. The Balaban J connectivity index is 1.48. The van der Waals surface area contributed by atoms with Gasteiger partial charge in [-0.25, -0.2) is 4.72 Å². The van der Waals surface area contributed by atoms with Crippen LogP contribution in [0.2, 0.25) is 0 Å². The fourth-order valence-corrected chi connectivity index (χ4v) is 4.75. The number of fused-ring (bicyclic) bond motifs is 1. The Kier molecular flexibility index (Phi) is 6.23. The number of aromatic nitrogens is 2. The van der Waals surface area contributed by atoms with E-state index in [1.807, 2.05) is 40.1 Å². The third kappa shape index (κ3) is 4.50. The van der Waals surface area contributed by atoms with E-state index >= 15 is 0 Å². The van der Waals surface area contributed by atoms with Crippen molar-refractivity contribution in [2.24, 2.45) is 0 Å². The van der Waals surface area contributed by atoms with E-state index in [0.29, 0.717) is 18.7 Å². The predicted molar refractivity (Wildman–Crippen MR) is 115 cm³/mol. The lowest BCUT2D eigenvalue weighted by Gasteiger charge is -2.30. The lowest BCUT2D eigenvalue weighted by atomic mass is 10.1. The van der Waals surface area contributed by atoms with Gasteiger partial charge in [-0.15, -0.1) is 0 Å². The molecule has 1 aliphatic rings. The van der Waals surface area contributed by atoms with Crippen molar-refractivity contribution in [3.05, 3.63) is 54.5 Å². The monoisotopic (exact) mass is 407 g/mol. The van der Waals surface area contributed by atoms with Gasteiger partial charge in [0.15, 0.2) is 0 Å². The number of piperidine rings is 1. The van der Waals surface area contributed by atoms with E-state index in [-0.39, 0.29) is 11.9 Å². The molecule has 1 aliphatic heterocycles. The first-order valence-corrected chi connectivity index (χ1v) is 10.9. The van der Waals surface area contributed by atoms with E-state index in [2.05, 4.69) is 27.9 Å². The van der Waals surface area contributed by atoms with Crippen LogP contribution in [0.4, 0.5) is 0 Å². The number of aryl methyl sites for hydroxylation is 1. The van der Waals surface area contributed by atoms with Crippen LogP contribution < -0.4 is 4.72 Å². The molecule has 1 amide bonds. The summed E-state index contributed by atoms with van der Waals surface area (Å²) < 4.78 is 5.34. The van der Waals surface area contributed by atoms with Crippen LogP contribution >= 0.6 is 11.9 Å². The van der Waals surface area contributed by atoms with Gasteiger partial charge >= 0.3 is 0 Å². The van der Waals surface area contributed by atoms with E-state index in [4.69, 9.17) is 0 Å². The Hall–Kier alpha value is -2.69. The number of benzene rings is 1. The third-order valence-electron chi connectivity index (χ3n) is 5.43. The van der Waals surface area contributed by atoms with Gasteiger partial charge in [0.05, 0.1) is 6.04 Å². The molecule has 7 heteroatoms. The smallest absolute Gasteiger partial charge is 0.240 e. The molecule has 0 spiro atoms. The Morgan fingerprint density at radius 3 is 2.90 bits per heavy atom. The second kappa shape index (κ2) is 9.21. The number of carbonyl (C=O) groups excluding carboxylic acids is 1. The minimum atomic E-state index is -0.304. The SMILES string of the molecule is N#Cc1cccn1CCC(NSc1cccc2[nH]ccc12)C(=O)N1CCCCC1. The van der Waals surface area contributed by atoms with Gasteiger partial charge in [-0.1, -0.05) is 6.07 Å². The molecule has 1 saturated heterocycles. The van der Waals surface area contributed by atoms with Crippen molar-refractivity contribution in [1.29, 1.82) is 5.26 Å². The highest BCUT2D eigenvalue weighted by Crippen LogP contribution is 2.26. The third-order valence-corrected chi connectivity index (χ3v) is 6.41. The van der Waals surface area contributed by atoms with Crippen LogP contribution in [0.5, 0.6) is 0 Å². The standard InChI is InChI=1S/C22H25N5OS/c23-16-17-6-5-14-26(17)15-10-20(22(28)27-12-2-1-3-13-27)25-29-21-8-4-7-19-18(21)9-11-24-19/h4-9,11,14,20,24-25H,1-3,10,12-13,15H2. The molecular formula is C22H25N5OS. The second-order valence-electron chi connectivity index (χ2n) is 7.34. The number of amides is 1. The molecule has 29 heavy (non-hydrogen) atoms. The first kappa shape index (κ1) is 19.6. The summed E-state index contributed by atoms with van der Waals surface area (Å²) in [5, 5.41) is 10.4. The molecule has 4 rings (SSSR count). The lowest BCUT2D eigenvalue weighted by Crippen LogP contribution is -2.47. The summed E-state index contributed by atoms with van der Waals surface area (Å²) >= 11 is 1.51. The summed E-state index contributed by atoms with van der Waals surface area (Å²) in [7, 11) is 0. The van der Waals surface area contributed by atoms with Crippen molar-refractivity contribution in [2.75, 3.05) is 13.1 Å². The number of nitriles is 1. The molecule has 2 aromatic heterocycles. The highest BCUT2D eigenvalue weighted by molar-refractivity contribution is 7.97. The molecule has 1 unspecified atom stereocenters. The molecule has 150 valence electrons. The van der Waals surface area contributed by atoms with Crippen LogP contribution in [0.25, 0.3) is 10.9 Å². The number of hydrogen-bond donors (Lipinski definition) is 2. The molecular weight excluding hydrogens is 382 g/mol. The summed E-state index contributed by atoms with van der Waals surface area (Å²) in [6, 6.07) is 13.8. The quantitative estimate of drug-likeness (QED) is 0.582. The minimum Gasteiger partial charge on any atom is -0.361 e. The molecule has 6 nitrogen and oxygen atoms in total. The van der Waals surface area contributed by atoms with Gasteiger partial charge < -0.3 is 14.5 Å². The molecule has 3 heterocycles. The molecule has 3 aromatic rings. The molecule has 2 N–H and O–H groups in total. The predicted octanol–water partition coefficient (Wildman–Crippen LogP) is 3.91. The van der Waals surface area contributed by atoms with Crippen LogP contribution in [0.1, 0.15) is 31.4 Å². The maximum absolute atomic E-state index is 13.2. The van der Waals surface area contributed by atoms with Crippen molar-refractivity contribution >= 4 is 28.8 Å². The molecule has 0 radical (unpaired) electrons. The zero-order valence-electron chi connectivity index (χ0n) is 16.3. The van der Waals surface area contributed by atoms with Gasteiger partial charge in [0, 0.05) is 47.8 Å². The van der Waals surface area contributed by atoms with Gasteiger partial charge in [0.25, 0.3) is 0 Å².